The van der Waals surface area contributed by atoms with Gasteiger partial charge in [0.05, 0.1) is 0 Å². The van der Waals surface area contributed by atoms with E-state index in [0.717, 1.165) is 11.1 Å². The van der Waals surface area contributed by atoms with E-state index in [9.17, 15) is 4.79 Å². The molecule has 0 atom stereocenters. The van der Waals surface area contributed by atoms with Gasteiger partial charge in [-0.15, -0.1) is 0 Å². The van der Waals surface area contributed by atoms with Gasteiger partial charge in [-0.05, 0) is 0 Å². The predicted octanol–water partition coefficient (Wildman–Crippen LogP) is -2.85. The van der Waals surface area contributed by atoms with E-state index in [-0.39, 0.29) is 26.6 Å². The molecule has 0 rings (SSSR count). The van der Waals surface area contributed by atoms with Gasteiger partial charge in [0.1, 0.15) is 0 Å². The predicted molar refractivity (Wildman–Crippen MR) is 46.4 cm³/mol. The third-order valence-corrected chi connectivity index (χ3v) is 4.43. The number of hydrogen-bond donors (Lipinski definition) is 2. The van der Waals surface area contributed by atoms with Gasteiger partial charge >= 0.3 is 84.7 Å². The molecule has 0 unspecified atom stereocenters. The monoisotopic (exact) mass is 285 g/mol. The summed E-state index contributed by atoms with van der Waals surface area (Å²) in [5.41, 5.74) is 5.14. The van der Waals surface area contributed by atoms with Crippen molar-refractivity contribution >= 4 is 3.79 Å². The van der Waals surface area contributed by atoms with Crippen molar-refractivity contribution in [2.24, 2.45) is 11.1 Å². The quantitative estimate of drug-likeness (QED) is 0.188. The van der Waals surface area contributed by atoms with Crippen molar-refractivity contribution in [1.82, 2.24) is 5.32 Å². The maximum atomic E-state index is 11.4. The third-order valence-electron chi connectivity index (χ3n) is 1.19. The molecule has 0 bridgehead atoms. The van der Waals surface area contributed by atoms with Crippen LogP contribution in [0.15, 0.2) is 0 Å². The van der Waals surface area contributed by atoms with Crippen LogP contribution in [0.2, 0.25) is 0 Å². The van der Waals surface area contributed by atoms with Crippen LogP contribution >= 0.6 is 0 Å². The second-order valence-corrected chi connectivity index (χ2v) is 6.08. The third kappa shape index (κ3) is 5.91. The van der Waals surface area contributed by atoms with E-state index in [4.69, 9.17) is 5.73 Å². The number of carbonyl (C=O) groups is 1. The molecule has 0 heterocycles. The van der Waals surface area contributed by atoms with Crippen molar-refractivity contribution in [3.8, 4) is 0 Å². The molecule has 0 aliphatic rings. The fourth-order valence-electron chi connectivity index (χ4n) is 0.477. The van der Waals surface area contributed by atoms with Gasteiger partial charge in [-0.1, -0.05) is 0 Å². The summed E-state index contributed by atoms with van der Waals surface area (Å²) in [5, 5.41) is 3.14. The van der Waals surface area contributed by atoms with Crippen LogP contribution in [0.3, 0.4) is 0 Å². The molecule has 74 valence electrons. The van der Waals surface area contributed by atoms with Crippen LogP contribution in [0.5, 0.6) is 0 Å². The van der Waals surface area contributed by atoms with Gasteiger partial charge in [0.25, 0.3) is 0 Å². The fourth-order valence-corrected chi connectivity index (χ4v) is 2.62. The molecule has 0 aromatic carbocycles. The molecule has 0 saturated carbocycles. The summed E-state index contributed by atoms with van der Waals surface area (Å²) >= 11 is -0.346. The van der Waals surface area contributed by atoms with Crippen LogP contribution in [0, 0.1) is 5.41 Å². The van der Waals surface area contributed by atoms with Gasteiger partial charge in [0, 0.05) is 0 Å². The summed E-state index contributed by atoms with van der Waals surface area (Å²) in [5.74, 6) is 0. The standard InChI is InChI=1S/C8H18IN2O/c1-8(2,3)7(12)9-6-11-5-4-10/h11H,4-6,10H2,1-3H3/q-1. The van der Waals surface area contributed by atoms with E-state index >= 15 is 0 Å². The van der Waals surface area contributed by atoms with Gasteiger partial charge in [-0.2, -0.15) is 0 Å². The van der Waals surface area contributed by atoms with Gasteiger partial charge in [0.15, 0.2) is 0 Å². The molecule has 12 heavy (non-hydrogen) atoms. The second-order valence-electron chi connectivity index (χ2n) is 3.58. The van der Waals surface area contributed by atoms with Gasteiger partial charge in [0.2, 0.25) is 0 Å². The number of rotatable bonds is 5. The number of nitrogens with two attached hydrogens (primary N) is 1. The maximum absolute atomic E-state index is 11.4. The Morgan fingerprint density at radius 1 is 1.50 bits per heavy atom. The van der Waals surface area contributed by atoms with Gasteiger partial charge in [-0.25, -0.2) is 0 Å². The van der Waals surface area contributed by atoms with E-state index in [1.807, 2.05) is 20.8 Å². The van der Waals surface area contributed by atoms with Crippen LogP contribution in [0.4, 0.5) is 0 Å². The summed E-state index contributed by atoms with van der Waals surface area (Å²) in [7, 11) is 0. The van der Waals surface area contributed by atoms with Crippen molar-refractivity contribution in [3.05, 3.63) is 0 Å². The molecule has 0 radical (unpaired) electrons. The van der Waals surface area contributed by atoms with E-state index in [1.165, 1.54) is 0 Å². The summed E-state index contributed by atoms with van der Waals surface area (Å²) in [6.45, 7) is 7.37. The van der Waals surface area contributed by atoms with Crippen LogP contribution in [-0.4, -0.2) is 21.4 Å². The Kier molecular flexibility index (Phi) is 6.04. The first-order valence-electron chi connectivity index (χ1n) is 4.03. The molecule has 0 fully saturated rings. The SMILES string of the molecule is CC(C)(C)C(=O)[I-]CNCCN. The minimum absolute atomic E-state index is 0.155. The molecular weight excluding hydrogens is 267 g/mol. The van der Waals surface area contributed by atoms with Crippen LogP contribution in [0.1, 0.15) is 20.8 Å². The number of nitrogens with one attached hydrogen (secondary N) is 1. The summed E-state index contributed by atoms with van der Waals surface area (Å²) in [6, 6.07) is 0. The first-order chi connectivity index (χ1) is 5.48. The Morgan fingerprint density at radius 2 is 2.08 bits per heavy atom. The minimum atomic E-state index is -0.346. The first kappa shape index (κ1) is 12.3. The Balaban J connectivity index is 3.45. The second kappa shape index (κ2) is 5.88. The van der Waals surface area contributed by atoms with Crippen molar-refractivity contribution in [2.45, 2.75) is 20.8 Å². The Morgan fingerprint density at radius 3 is 2.50 bits per heavy atom. The first-order valence-corrected chi connectivity index (χ1v) is 6.63. The van der Waals surface area contributed by atoms with Crippen LogP contribution in [0.25, 0.3) is 0 Å². The van der Waals surface area contributed by atoms with Crippen LogP contribution < -0.4 is 32.3 Å². The molecule has 0 aromatic rings. The molecule has 4 heteroatoms. The Bertz CT molecular complexity index is 142. The summed E-state index contributed by atoms with van der Waals surface area (Å²) < 4.78 is 1.26. The van der Waals surface area contributed by atoms with Crippen molar-refractivity contribution in [3.63, 3.8) is 0 Å². The molecule has 0 saturated heterocycles. The number of halogens is 1. The molecule has 3 nitrogen and oxygen atoms in total. The summed E-state index contributed by atoms with van der Waals surface area (Å²) in [4.78, 5) is 11.4. The van der Waals surface area contributed by atoms with E-state index < -0.39 is 0 Å². The molecular formula is C8H18IN2O-. The molecule has 0 spiro atoms. The molecule has 0 aliphatic heterocycles. The normalized spacial score (nSPS) is 12.0. The molecule has 3 N–H and O–H groups in total. The average Bonchev–Trinajstić information content (AvgIpc) is 1.96. The number of carbonyl (C=O) groups excluding carboxylic acids is 1. The topological polar surface area (TPSA) is 55.1 Å². The molecule has 0 aliphatic carbocycles. The molecule has 0 amide bonds. The number of hydrogen-bond acceptors (Lipinski definition) is 3. The zero-order valence-electron chi connectivity index (χ0n) is 7.98. The Hall–Kier alpha value is 0.320. The Labute approximate surface area is 84.7 Å². The van der Waals surface area contributed by atoms with Crippen molar-refractivity contribution in [1.29, 1.82) is 0 Å². The van der Waals surface area contributed by atoms with E-state index in [1.54, 1.807) is 0 Å². The van der Waals surface area contributed by atoms with E-state index in [0.29, 0.717) is 10.3 Å². The summed E-state index contributed by atoms with van der Waals surface area (Å²) in [6.07, 6.45) is 0. The zero-order valence-corrected chi connectivity index (χ0v) is 10.1. The van der Waals surface area contributed by atoms with Gasteiger partial charge in [-0.3, -0.25) is 0 Å². The number of alkyl halides is 1. The molecule has 0 aromatic heterocycles. The zero-order chi connectivity index (χ0) is 9.61. The van der Waals surface area contributed by atoms with Crippen molar-refractivity contribution < 1.29 is 26.0 Å². The fraction of sp³-hybridized carbons (Fsp3) is 0.875. The van der Waals surface area contributed by atoms with E-state index in [2.05, 4.69) is 5.32 Å². The van der Waals surface area contributed by atoms with Crippen LogP contribution in [-0.2, 0) is 4.79 Å². The van der Waals surface area contributed by atoms with Crippen molar-refractivity contribution in [2.75, 3.05) is 17.6 Å². The van der Waals surface area contributed by atoms with Gasteiger partial charge < -0.3 is 0 Å². The average molecular weight is 285 g/mol.